The number of nitrogens with two attached hydrogens (primary N) is 1. The number of hydrogen-bond acceptors (Lipinski definition) is 6. The lowest BCUT2D eigenvalue weighted by Crippen LogP contribution is -2.03. The van der Waals surface area contributed by atoms with E-state index in [1.54, 1.807) is 11.0 Å². The van der Waals surface area contributed by atoms with Gasteiger partial charge in [-0.05, 0) is 0 Å². The standard InChI is InChI=1S/C6H8N6O/c7-6-8-3-12(10-6)2-1-5-9-4-13-11-5/h3-4H,1-2H2,(H2,7,10). The van der Waals surface area contributed by atoms with E-state index in [-0.39, 0.29) is 5.95 Å². The molecule has 0 fully saturated rings. The minimum atomic E-state index is 0.271. The molecule has 0 bridgehead atoms. The third-order valence-electron chi connectivity index (χ3n) is 1.53. The number of hydrogen-bond donors (Lipinski definition) is 1. The zero-order valence-electron chi connectivity index (χ0n) is 6.79. The summed E-state index contributed by atoms with van der Waals surface area (Å²) in [5.41, 5.74) is 5.33. The van der Waals surface area contributed by atoms with Gasteiger partial charge in [-0.3, -0.25) is 4.68 Å². The summed E-state index contributed by atoms with van der Waals surface area (Å²) in [7, 11) is 0. The van der Waals surface area contributed by atoms with E-state index in [4.69, 9.17) is 5.73 Å². The molecule has 0 amide bonds. The van der Waals surface area contributed by atoms with Crippen molar-refractivity contribution in [1.29, 1.82) is 0 Å². The fourth-order valence-corrected chi connectivity index (χ4v) is 0.934. The van der Waals surface area contributed by atoms with Gasteiger partial charge in [-0.1, -0.05) is 5.16 Å². The molecule has 7 nitrogen and oxygen atoms in total. The van der Waals surface area contributed by atoms with E-state index in [0.29, 0.717) is 18.8 Å². The predicted molar refractivity (Wildman–Crippen MR) is 42.4 cm³/mol. The largest absolute Gasteiger partial charge is 0.367 e. The third kappa shape index (κ3) is 1.81. The number of nitrogen functional groups attached to an aromatic ring is 1. The second-order valence-corrected chi connectivity index (χ2v) is 2.46. The van der Waals surface area contributed by atoms with Crippen molar-refractivity contribution < 1.29 is 4.52 Å². The van der Waals surface area contributed by atoms with Crippen LogP contribution >= 0.6 is 0 Å². The monoisotopic (exact) mass is 180 g/mol. The molecule has 2 N–H and O–H groups in total. The first-order chi connectivity index (χ1) is 6.34. The van der Waals surface area contributed by atoms with E-state index < -0.39 is 0 Å². The summed E-state index contributed by atoms with van der Waals surface area (Å²) in [6.45, 7) is 0.643. The molecule has 0 aliphatic carbocycles. The van der Waals surface area contributed by atoms with E-state index in [0.717, 1.165) is 0 Å². The van der Waals surface area contributed by atoms with Crippen LogP contribution in [0, 0.1) is 0 Å². The molecule has 7 heteroatoms. The van der Waals surface area contributed by atoms with Gasteiger partial charge in [0.15, 0.2) is 5.82 Å². The van der Waals surface area contributed by atoms with Gasteiger partial charge in [0, 0.05) is 6.42 Å². The normalized spacial score (nSPS) is 10.5. The topological polar surface area (TPSA) is 95.7 Å². The smallest absolute Gasteiger partial charge is 0.239 e. The van der Waals surface area contributed by atoms with Gasteiger partial charge in [-0.2, -0.15) is 4.98 Å². The Hall–Kier alpha value is -1.92. The van der Waals surface area contributed by atoms with Crippen LogP contribution in [0.2, 0.25) is 0 Å². The zero-order valence-corrected chi connectivity index (χ0v) is 6.79. The highest BCUT2D eigenvalue weighted by atomic mass is 16.5. The van der Waals surface area contributed by atoms with Crippen LogP contribution in [0.1, 0.15) is 5.82 Å². The lowest BCUT2D eigenvalue weighted by Gasteiger charge is -1.94. The summed E-state index contributed by atoms with van der Waals surface area (Å²) in [4.78, 5) is 7.65. The highest BCUT2D eigenvalue weighted by molar-refractivity contribution is 5.09. The van der Waals surface area contributed by atoms with E-state index in [1.807, 2.05) is 0 Å². The molecule has 0 aliphatic heterocycles. The summed E-state index contributed by atoms with van der Waals surface area (Å²) in [6.07, 6.45) is 3.51. The molecule has 0 saturated carbocycles. The summed E-state index contributed by atoms with van der Waals surface area (Å²) < 4.78 is 6.21. The number of aromatic nitrogens is 5. The molecule has 0 aliphatic rings. The molecule has 2 aromatic rings. The summed E-state index contributed by atoms with van der Waals surface area (Å²) in [6, 6.07) is 0. The van der Waals surface area contributed by atoms with Gasteiger partial charge in [0.1, 0.15) is 6.33 Å². The van der Waals surface area contributed by atoms with Crippen LogP contribution in [0.5, 0.6) is 0 Å². The van der Waals surface area contributed by atoms with Gasteiger partial charge in [-0.15, -0.1) is 5.10 Å². The molecule has 2 heterocycles. The van der Waals surface area contributed by atoms with Crippen molar-refractivity contribution in [3.05, 3.63) is 18.5 Å². The minimum Gasteiger partial charge on any atom is -0.367 e. The quantitative estimate of drug-likeness (QED) is 0.683. The van der Waals surface area contributed by atoms with Crippen molar-refractivity contribution in [2.45, 2.75) is 13.0 Å². The Balaban J connectivity index is 1.93. The Kier molecular flexibility index (Phi) is 1.91. The molecule has 0 spiro atoms. The van der Waals surface area contributed by atoms with Crippen molar-refractivity contribution in [3.8, 4) is 0 Å². The van der Waals surface area contributed by atoms with Gasteiger partial charge < -0.3 is 10.3 Å². The average molecular weight is 180 g/mol. The molecular weight excluding hydrogens is 172 g/mol. The summed E-state index contributed by atoms with van der Waals surface area (Å²) in [5, 5.41) is 7.57. The third-order valence-corrected chi connectivity index (χ3v) is 1.53. The lowest BCUT2D eigenvalue weighted by molar-refractivity contribution is 0.407. The van der Waals surface area contributed by atoms with E-state index in [9.17, 15) is 0 Å². The molecule has 0 aromatic carbocycles. The van der Waals surface area contributed by atoms with Gasteiger partial charge in [-0.25, -0.2) is 4.98 Å². The maximum Gasteiger partial charge on any atom is 0.239 e. The molecule has 0 atom stereocenters. The molecule has 13 heavy (non-hydrogen) atoms. The molecule has 2 aromatic heterocycles. The van der Waals surface area contributed by atoms with Gasteiger partial charge >= 0.3 is 0 Å². The van der Waals surface area contributed by atoms with E-state index in [1.165, 1.54) is 6.39 Å². The fourth-order valence-electron chi connectivity index (χ4n) is 0.934. The molecule has 0 saturated heterocycles. The molecule has 0 radical (unpaired) electrons. The maximum absolute atomic E-state index is 5.33. The zero-order chi connectivity index (χ0) is 9.10. The van der Waals surface area contributed by atoms with Crippen LogP contribution in [-0.2, 0) is 13.0 Å². The van der Waals surface area contributed by atoms with Crippen molar-refractivity contribution in [3.63, 3.8) is 0 Å². The second kappa shape index (κ2) is 3.21. The Morgan fingerprint density at radius 1 is 1.46 bits per heavy atom. The highest BCUT2D eigenvalue weighted by Gasteiger charge is 2.00. The van der Waals surface area contributed by atoms with Gasteiger partial charge in [0.05, 0.1) is 6.54 Å². The number of anilines is 1. The van der Waals surface area contributed by atoms with Crippen LogP contribution in [0.25, 0.3) is 0 Å². The molecule has 0 unspecified atom stereocenters. The summed E-state index contributed by atoms with van der Waals surface area (Å²) in [5.74, 6) is 0.919. The number of nitrogens with zero attached hydrogens (tertiary/aromatic N) is 5. The van der Waals surface area contributed by atoms with Crippen LogP contribution in [0.3, 0.4) is 0 Å². The number of rotatable bonds is 3. The first-order valence-corrected chi connectivity index (χ1v) is 3.75. The van der Waals surface area contributed by atoms with Crippen molar-refractivity contribution in [2.75, 3.05) is 5.73 Å². The Morgan fingerprint density at radius 3 is 3.00 bits per heavy atom. The molecule has 68 valence electrons. The highest BCUT2D eigenvalue weighted by Crippen LogP contribution is 1.94. The van der Waals surface area contributed by atoms with Crippen molar-refractivity contribution >= 4 is 5.95 Å². The number of aryl methyl sites for hydroxylation is 2. The molecule has 2 rings (SSSR count). The van der Waals surface area contributed by atoms with Crippen LogP contribution < -0.4 is 5.73 Å². The Morgan fingerprint density at radius 2 is 2.38 bits per heavy atom. The summed E-state index contributed by atoms with van der Waals surface area (Å²) >= 11 is 0. The average Bonchev–Trinajstić information content (AvgIpc) is 2.71. The fraction of sp³-hybridized carbons (Fsp3) is 0.333. The van der Waals surface area contributed by atoms with E-state index >= 15 is 0 Å². The van der Waals surface area contributed by atoms with Gasteiger partial charge in [0.25, 0.3) is 0 Å². The second-order valence-electron chi connectivity index (χ2n) is 2.46. The van der Waals surface area contributed by atoms with Crippen molar-refractivity contribution in [1.82, 2.24) is 24.9 Å². The predicted octanol–water partition coefficient (Wildman–Crippen LogP) is -0.514. The van der Waals surface area contributed by atoms with Gasteiger partial charge in [0.2, 0.25) is 12.3 Å². The Labute approximate surface area is 73.6 Å². The molecular formula is C6H8N6O. The van der Waals surface area contributed by atoms with Crippen LogP contribution in [0.15, 0.2) is 17.2 Å². The maximum atomic E-state index is 5.33. The van der Waals surface area contributed by atoms with E-state index in [2.05, 4.69) is 24.7 Å². The SMILES string of the molecule is Nc1ncn(CCc2ncon2)n1. The van der Waals surface area contributed by atoms with Crippen LogP contribution in [-0.4, -0.2) is 24.9 Å². The first kappa shape index (κ1) is 7.71. The first-order valence-electron chi connectivity index (χ1n) is 3.75. The van der Waals surface area contributed by atoms with Crippen molar-refractivity contribution in [2.24, 2.45) is 0 Å². The lowest BCUT2D eigenvalue weighted by atomic mass is 10.4. The Bertz CT molecular complexity index is 366. The minimum absolute atomic E-state index is 0.271. The van der Waals surface area contributed by atoms with Crippen LogP contribution in [0.4, 0.5) is 5.95 Å².